The second-order valence-corrected chi connectivity index (χ2v) is 8.03. The van der Waals surface area contributed by atoms with Gasteiger partial charge < -0.3 is 4.90 Å². The first-order valence-corrected chi connectivity index (χ1v) is 11.6. The molecule has 0 spiro atoms. The molecule has 25 heavy (non-hydrogen) atoms. The summed E-state index contributed by atoms with van der Waals surface area (Å²) in [6.07, 6.45) is 29.4. The number of hydrogen-bond acceptors (Lipinski definition) is 1. The van der Waals surface area contributed by atoms with Crippen molar-refractivity contribution in [2.45, 2.75) is 129 Å². The molecule has 0 amide bonds. The van der Waals surface area contributed by atoms with Crippen LogP contribution in [0, 0.1) is 0 Å². The Kier molecular flexibility index (Phi) is 21.2. The summed E-state index contributed by atoms with van der Waals surface area (Å²) in [5, 5.41) is 0. The molecule has 0 saturated heterocycles. The molecule has 0 aromatic heterocycles. The normalized spacial score (nSPS) is 11.0. The van der Waals surface area contributed by atoms with Crippen LogP contribution in [0.2, 0.25) is 0 Å². The summed E-state index contributed by atoms with van der Waals surface area (Å²) < 4.78 is 0. The van der Waals surface area contributed by atoms with E-state index in [0.29, 0.717) is 0 Å². The van der Waals surface area contributed by atoms with Crippen LogP contribution in [0.5, 0.6) is 0 Å². The molecule has 0 saturated carbocycles. The summed E-state index contributed by atoms with van der Waals surface area (Å²) in [6.45, 7) is 7.25. The van der Waals surface area contributed by atoms with E-state index in [1.165, 1.54) is 129 Å². The van der Waals surface area contributed by atoms with E-state index in [1.54, 1.807) is 0 Å². The van der Waals surface area contributed by atoms with Gasteiger partial charge in [-0.2, -0.15) is 0 Å². The Morgan fingerprint density at radius 2 is 0.800 bits per heavy atom. The van der Waals surface area contributed by atoms with Crippen molar-refractivity contribution in [2.24, 2.45) is 0 Å². The maximum Gasteiger partial charge on any atom is 0.0169 e. The molecule has 0 aliphatic rings. The molecule has 0 atom stereocenters. The van der Waals surface area contributed by atoms with Crippen LogP contribution in [0.3, 0.4) is 0 Å². The minimum absolute atomic E-state index is 1.17. The van der Waals surface area contributed by atoms with Crippen molar-refractivity contribution in [1.82, 2.24) is 4.90 Å². The topological polar surface area (TPSA) is 3.24 Å². The maximum absolute atomic E-state index is 3.79. The molecule has 1 nitrogen and oxygen atoms in total. The Balaban J connectivity index is 2.99. The predicted octanol–water partition coefficient (Wildman–Crippen LogP) is 8.49. The van der Waals surface area contributed by atoms with Crippen LogP contribution in [0.4, 0.5) is 0 Å². The summed E-state index contributed by atoms with van der Waals surface area (Å²) >= 11 is 0. The van der Waals surface area contributed by atoms with Crippen LogP contribution in [0.15, 0.2) is 12.8 Å². The zero-order valence-corrected chi connectivity index (χ0v) is 17.9. The van der Waals surface area contributed by atoms with E-state index in [4.69, 9.17) is 0 Å². The maximum atomic E-state index is 3.79. The third-order valence-electron chi connectivity index (χ3n) is 5.43. The highest BCUT2D eigenvalue weighted by atomic mass is 15.1. The van der Waals surface area contributed by atoms with Crippen molar-refractivity contribution < 1.29 is 0 Å². The van der Waals surface area contributed by atoms with E-state index in [9.17, 15) is 0 Å². The van der Waals surface area contributed by atoms with Gasteiger partial charge in [0, 0.05) is 13.6 Å². The Bertz CT molecular complexity index is 248. The van der Waals surface area contributed by atoms with E-state index in [1.807, 2.05) is 6.20 Å². The summed E-state index contributed by atoms with van der Waals surface area (Å²) in [5.41, 5.74) is 0. The smallest absolute Gasteiger partial charge is 0.0169 e. The van der Waals surface area contributed by atoms with Gasteiger partial charge in [0.15, 0.2) is 0 Å². The lowest BCUT2D eigenvalue weighted by Gasteiger charge is -2.12. The molecule has 1 heteroatoms. The van der Waals surface area contributed by atoms with E-state index in [2.05, 4.69) is 25.5 Å². The monoisotopic (exact) mass is 351 g/mol. The minimum atomic E-state index is 1.17. The molecular formula is C24H49N. The molecule has 0 aliphatic heterocycles. The molecule has 0 bridgehead atoms. The molecule has 0 aromatic carbocycles. The number of nitrogens with zero attached hydrogens (tertiary/aromatic N) is 1. The summed E-state index contributed by atoms with van der Waals surface area (Å²) in [7, 11) is 2.11. The van der Waals surface area contributed by atoms with Crippen molar-refractivity contribution in [3.05, 3.63) is 12.8 Å². The van der Waals surface area contributed by atoms with E-state index < -0.39 is 0 Å². The van der Waals surface area contributed by atoms with Crippen molar-refractivity contribution in [3.63, 3.8) is 0 Å². The number of rotatable bonds is 21. The van der Waals surface area contributed by atoms with Gasteiger partial charge in [0.25, 0.3) is 0 Å². The second-order valence-electron chi connectivity index (χ2n) is 8.03. The minimum Gasteiger partial charge on any atom is -0.381 e. The fourth-order valence-electron chi connectivity index (χ4n) is 3.53. The highest BCUT2D eigenvalue weighted by Gasteiger charge is 1.95. The molecule has 0 N–H and O–H groups in total. The average Bonchev–Trinajstić information content (AvgIpc) is 2.63. The number of hydrogen-bond donors (Lipinski definition) is 0. The second kappa shape index (κ2) is 21.6. The van der Waals surface area contributed by atoms with Crippen LogP contribution in [0.1, 0.15) is 129 Å². The van der Waals surface area contributed by atoms with Gasteiger partial charge in [0.05, 0.1) is 0 Å². The largest absolute Gasteiger partial charge is 0.381 e. The van der Waals surface area contributed by atoms with Crippen molar-refractivity contribution in [2.75, 3.05) is 13.6 Å². The first-order chi connectivity index (χ1) is 12.3. The molecule has 0 heterocycles. The number of unbranched alkanes of at least 4 members (excludes halogenated alkanes) is 18. The molecule has 0 fully saturated rings. The molecule has 0 radical (unpaired) electrons. The average molecular weight is 352 g/mol. The molecular weight excluding hydrogens is 302 g/mol. The van der Waals surface area contributed by atoms with E-state index in [-0.39, 0.29) is 0 Å². The van der Waals surface area contributed by atoms with Crippen molar-refractivity contribution >= 4 is 0 Å². The van der Waals surface area contributed by atoms with Crippen molar-refractivity contribution in [3.8, 4) is 0 Å². The Labute approximate surface area is 160 Å². The highest BCUT2D eigenvalue weighted by molar-refractivity contribution is 4.65. The molecule has 0 aromatic rings. The van der Waals surface area contributed by atoms with Crippen LogP contribution >= 0.6 is 0 Å². The van der Waals surface area contributed by atoms with Gasteiger partial charge in [-0.3, -0.25) is 0 Å². The zero-order chi connectivity index (χ0) is 18.4. The fraction of sp³-hybridized carbons (Fsp3) is 0.917. The third kappa shape index (κ3) is 21.5. The predicted molar refractivity (Wildman–Crippen MR) is 116 cm³/mol. The Hall–Kier alpha value is -0.460. The molecule has 0 aliphatic carbocycles. The Morgan fingerprint density at radius 1 is 0.520 bits per heavy atom. The summed E-state index contributed by atoms with van der Waals surface area (Å²) in [6, 6.07) is 0. The lowest BCUT2D eigenvalue weighted by molar-refractivity contribution is 0.429. The lowest BCUT2D eigenvalue weighted by Crippen LogP contribution is -2.11. The van der Waals surface area contributed by atoms with Gasteiger partial charge >= 0.3 is 0 Å². The SMILES string of the molecule is C=CN(C)CCCCCCCCCCCCCCCCCCCCC. The first kappa shape index (κ1) is 24.5. The quantitative estimate of drug-likeness (QED) is 0.187. The van der Waals surface area contributed by atoms with Gasteiger partial charge in [0.1, 0.15) is 0 Å². The lowest BCUT2D eigenvalue weighted by atomic mass is 10.0. The third-order valence-corrected chi connectivity index (χ3v) is 5.43. The Morgan fingerprint density at radius 3 is 1.08 bits per heavy atom. The molecule has 150 valence electrons. The summed E-state index contributed by atoms with van der Waals surface area (Å²) in [5.74, 6) is 0. The van der Waals surface area contributed by atoms with Crippen LogP contribution in [-0.2, 0) is 0 Å². The van der Waals surface area contributed by atoms with Crippen LogP contribution in [-0.4, -0.2) is 18.5 Å². The van der Waals surface area contributed by atoms with Gasteiger partial charge in [-0.05, 0) is 12.6 Å². The van der Waals surface area contributed by atoms with Crippen LogP contribution in [0.25, 0.3) is 0 Å². The van der Waals surface area contributed by atoms with Gasteiger partial charge in [-0.1, -0.05) is 129 Å². The van der Waals surface area contributed by atoms with E-state index in [0.717, 1.165) is 0 Å². The first-order valence-electron chi connectivity index (χ1n) is 11.6. The zero-order valence-electron chi connectivity index (χ0n) is 17.9. The van der Waals surface area contributed by atoms with E-state index >= 15 is 0 Å². The van der Waals surface area contributed by atoms with Crippen LogP contribution < -0.4 is 0 Å². The van der Waals surface area contributed by atoms with Crippen molar-refractivity contribution in [1.29, 1.82) is 0 Å². The van der Waals surface area contributed by atoms with Gasteiger partial charge in [-0.15, -0.1) is 0 Å². The standard InChI is InChI=1S/C24H49N/c1-4-6-7-8-9-10-11-12-13-14-15-16-17-18-19-20-21-22-23-24-25(3)5-2/h5H,2,4,6-24H2,1,3H3. The summed E-state index contributed by atoms with van der Waals surface area (Å²) in [4.78, 5) is 2.19. The van der Waals surface area contributed by atoms with Gasteiger partial charge in [0.2, 0.25) is 0 Å². The molecule has 0 unspecified atom stereocenters. The van der Waals surface area contributed by atoms with Gasteiger partial charge in [-0.25, -0.2) is 0 Å². The highest BCUT2D eigenvalue weighted by Crippen LogP contribution is 2.14. The molecule has 0 rings (SSSR count). The fourth-order valence-corrected chi connectivity index (χ4v) is 3.53.